The molecule has 6 nitrogen and oxygen atoms in total. The number of nitrogens with zero attached hydrogens (tertiary/aromatic N) is 2. The van der Waals surface area contributed by atoms with Crippen molar-refractivity contribution >= 4 is 17.7 Å². The number of hydrogen-bond acceptors (Lipinski definition) is 5. The third-order valence-electron chi connectivity index (χ3n) is 2.57. The Morgan fingerprint density at radius 3 is 2.85 bits per heavy atom. The van der Waals surface area contributed by atoms with Gasteiger partial charge in [-0.15, -0.1) is 5.10 Å². The van der Waals surface area contributed by atoms with Crippen molar-refractivity contribution in [1.82, 2.24) is 20.5 Å². The van der Waals surface area contributed by atoms with E-state index in [9.17, 15) is 9.59 Å². The van der Waals surface area contributed by atoms with Crippen LogP contribution in [0.3, 0.4) is 0 Å². The van der Waals surface area contributed by atoms with Gasteiger partial charge in [-0.2, -0.15) is 5.10 Å². The normalized spacial score (nSPS) is 11.8. The summed E-state index contributed by atoms with van der Waals surface area (Å²) in [5.41, 5.74) is 0.708. The minimum atomic E-state index is -0.333. The summed E-state index contributed by atoms with van der Waals surface area (Å²) in [5.74, 6) is 0.0454. The first-order valence-electron chi connectivity index (χ1n) is 6.04. The van der Waals surface area contributed by atoms with E-state index in [-0.39, 0.29) is 23.3 Å². The molecule has 0 saturated heterocycles. The molecule has 2 rings (SSSR count). The van der Waals surface area contributed by atoms with Crippen LogP contribution in [0.5, 0.6) is 0 Å². The molecule has 0 aliphatic heterocycles. The van der Waals surface area contributed by atoms with Crippen molar-refractivity contribution in [3.63, 3.8) is 0 Å². The SMILES string of the molecule is CC(NC(=O)CSc1nncc(=O)[nH]1)c1ccccc1. The predicted molar refractivity (Wildman–Crippen MR) is 76.4 cm³/mol. The smallest absolute Gasteiger partial charge is 0.270 e. The number of carbonyl (C=O) groups is 1. The minimum absolute atomic E-state index is 0.0646. The Balaban J connectivity index is 1.85. The molecule has 2 aromatic rings. The van der Waals surface area contributed by atoms with Gasteiger partial charge < -0.3 is 5.32 Å². The van der Waals surface area contributed by atoms with Crippen LogP contribution in [-0.2, 0) is 4.79 Å². The summed E-state index contributed by atoms with van der Waals surface area (Å²) in [6, 6.07) is 9.63. The minimum Gasteiger partial charge on any atom is -0.349 e. The van der Waals surface area contributed by atoms with Crippen molar-refractivity contribution < 1.29 is 4.79 Å². The Hall–Kier alpha value is -2.15. The number of H-pyrrole nitrogens is 1. The molecule has 1 unspecified atom stereocenters. The summed E-state index contributed by atoms with van der Waals surface area (Å²) in [6.45, 7) is 1.92. The molecule has 0 bridgehead atoms. The summed E-state index contributed by atoms with van der Waals surface area (Å²) in [4.78, 5) is 25.3. The standard InChI is InChI=1S/C13H14N4O2S/c1-9(10-5-3-2-4-6-10)15-12(19)8-20-13-16-11(18)7-14-17-13/h2-7,9H,8H2,1H3,(H,15,19)(H,16,17,18). The fourth-order valence-corrected chi connectivity index (χ4v) is 2.23. The van der Waals surface area contributed by atoms with E-state index in [0.717, 1.165) is 23.5 Å². The quantitative estimate of drug-likeness (QED) is 0.806. The number of benzene rings is 1. The first-order chi connectivity index (χ1) is 9.65. The van der Waals surface area contributed by atoms with Crippen LogP contribution in [0.15, 0.2) is 46.5 Å². The molecule has 20 heavy (non-hydrogen) atoms. The molecule has 1 aromatic heterocycles. The van der Waals surface area contributed by atoms with Crippen LogP contribution in [0, 0.1) is 0 Å². The summed E-state index contributed by atoms with van der Waals surface area (Å²) in [6.07, 6.45) is 1.08. The van der Waals surface area contributed by atoms with Crippen molar-refractivity contribution in [1.29, 1.82) is 0 Å². The van der Waals surface area contributed by atoms with E-state index >= 15 is 0 Å². The zero-order valence-corrected chi connectivity index (χ0v) is 11.7. The van der Waals surface area contributed by atoms with Gasteiger partial charge in [0, 0.05) is 0 Å². The molecule has 1 atom stereocenters. The lowest BCUT2D eigenvalue weighted by Crippen LogP contribution is -2.28. The predicted octanol–water partition coefficient (Wildman–Crippen LogP) is 1.13. The van der Waals surface area contributed by atoms with Crippen molar-refractivity contribution in [2.45, 2.75) is 18.1 Å². The van der Waals surface area contributed by atoms with Gasteiger partial charge >= 0.3 is 0 Å². The summed E-state index contributed by atoms with van der Waals surface area (Å²) >= 11 is 1.14. The van der Waals surface area contributed by atoms with Crippen LogP contribution in [0.1, 0.15) is 18.5 Å². The average molecular weight is 290 g/mol. The number of thioether (sulfide) groups is 1. The second-order valence-electron chi connectivity index (χ2n) is 4.13. The molecule has 0 aliphatic carbocycles. The first kappa shape index (κ1) is 14.3. The molecule has 0 radical (unpaired) electrons. The Labute approximate surface area is 120 Å². The fourth-order valence-electron chi connectivity index (χ4n) is 1.60. The van der Waals surface area contributed by atoms with E-state index in [4.69, 9.17) is 0 Å². The third kappa shape index (κ3) is 4.20. The molecule has 1 amide bonds. The van der Waals surface area contributed by atoms with Crippen LogP contribution in [0.25, 0.3) is 0 Å². The maximum atomic E-state index is 11.8. The van der Waals surface area contributed by atoms with E-state index in [1.54, 1.807) is 0 Å². The van der Waals surface area contributed by atoms with Gasteiger partial charge in [0.25, 0.3) is 5.56 Å². The van der Waals surface area contributed by atoms with Crippen molar-refractivity contribution in [2.75, 3.05) is 5.75 Å². The van der Waals surface area contributed by atoms with E-state index < -0.39 is 0 Å². The molecule has 0 saturated carbocycles. The molecule has 2 N–H and O–H groups in total. The van der Waals surface area contributed by atoms with Gasteiger partial charge in [-0.1, -0.05) is 42.1 Å². The number of nitrogens with one attached hydrogen (secondary N) is 2. The second kappa shape index (κ2) is 6.85. The Kier molecular flexibility index (Phi) is 4.89. The maximum Gasteiger partial charge on any atom is 0.270 e. The molecular weight excluding hydrogens is 276 g/mol. The van der Waals surface area contributed by atoms with E-state index in [0.29, 0.717) is 5.16 Å². The highest BCUT2D eigenvalue weighted by atomic mass is 32.2. The van der Waals surface area contributed by atoms with Gasteiger partial charge in [0.2, 0.25) is 5.91 Å². The molecule has 104 valence electrons. The van der Waals surface area contributed by atoms with Crippen LogP contribution >= 0.6 is 11.8 Å². The monoisotopic (exact) mass is 290 g/mol. The zero-order valence-electron chi connectivity index (χ0n) is 10.9. The molecule has 0 fully saturated rings. The molecule has 1 heterocycles. The number of carbonyl (C=O) groups excluding carboxylic acids is 1. The lowest BCUT2D eigenvalue weighted by Gasteiger charge is -2.13. The van der Waals surface area contributed by atoms with Crippen molar-refractivity contribution in [3.05, 3.63) is 52.4 Å². The zero-order chi connectivity index (χ0) is 14.4. The van der Waals surface area contributed by atoms with E-state index in [1.807, 2.05) is 37.3 Å². The highest BCUT2D eigenvalue weighted by molar-refractivity contribution is 7.99. The molecular formula is C13H14N4O2S. The summed E-state index contributed by atoms with van der Waals surface area (Å²) in [5, 5.41) is 10.5. The highest BCUT2D eigenvalue weighted by Gasteiger charge is 2.10. The van der Waals surface area contributed by atoms with Crippen molar-refractivity contribution in [2.24, 2.45) is 0 Å². The van der Waals surface area contributed by atoms with Crippen molar-refractivity contribution in [3.8, 4) is 0 Å². The highest BCUT2D eigenvalue weighted by Crippen LogP contribution is 2.13. The van der Waals surface area contributed by atoms with Gasteiger partial charge in [-0.05, 0) is 12.5 Å². The fraction of sp³-hybridized carbons (Fsp3) is 0.231. The second-order valence-corrected chi connectivity index (χ2v) is 5.09. The van der Waals surface area contributed by atoms with Crippen LogP contribution in [0.2, 0.25) is 0 Å². The lowest BCUT2D eigenvalue weighted by atomic mass is 10.1. The molecule has 0 aliphatic rings. The number of aromatic nitrogens is 3. The maximum absolute atomic E-state index is 11.8. The average Bonchev–Trinajstić information content (AvgIpc) is 2.46. The van der Waals surface area contributed by atoms with E-state index in [1.165, 1.54) is 0 Å². The third-order valence-corrected chi connectivity index (χ3v) is 3.43. The molecule has 0 spiro atoms. The molecule has 1 aromatic carbocycles. The van der Waals surface area contributed by atoms with Gasteiger partial charge in [-0.25, -0.2) is 0 Å². The number of rotatable bonds is 5. The van der Waals surface area contributed by atoms with Gasteiger partial charge in [-0.3, -0.25) is 14.6 Å². The van der Waals surface area contributed by atoms with E-state index in [2.05, 4.69) is 20.5 Å². The Morgan fingerprint density at radius 1 is 1.40 bits per heavy atom. The number of aromatic amines is 1. The largest absolute Gasteiger partial charge is 0.349 e. The topological polar surface area (TPSA) is 87.7 Å². The summed E-state index contributed by atoms with van der Waals surface area (Å²) in [7, 11) is 0. The van der Waals surface area contributed by atoms with Gasteiger partial charge in [0.15, 0.2) is 5.16 Å². The first-order valence-corrected chi connectivity index (χ1v) is 7.03. The number of amides is 1. The Bertz CT molecular complexity index is 630. The van der Waals surface area contributed by atoms with Crippen LogP contribution < -0.4 is 10.9 Å². The van der Waals surface area contributed by atoms with Crippen LogP contribution in [-0.4, -0.2) is 26.8 Å². The summed E-state index contributed by atoms with van der Waals surface area (Å²) < 4.78 is 0. The lowest BCUT2D eigenvalue weighted by molar-refractivity contribution is -0.119. The number of hydrogen-bond donors (Lipinski definition) is 2. The van der Waals surface area contributed by atoms with Gasteiger partial charge in [0.05, 0.1) is 11.8 Å². The van der Waals surface area contributed by atoms with Crippen LogP contribution in [0.4, 0.5) is 0 Å². The van der Waals surface area contributed by atoms with Gasteiger partial charge in [0.1, 0.15) is 6.20 Å². The molecule has 7 heteroatoms. The Morgan fingerprint density at radius 2 is 2.15 bits per heavy atom.